The van der Waals surface area contributed by atoms with E-state index in [1.807, 2.05) is 0 Å². The molecule has 0 atom stereocenters. The van der Waals surface area contributed by atoms with Gasteiger partial charge in [-0.3, -0.25) is 0 Å². The van der Waals surface area contributed by atoms with Crippen LogP contribution in [0.1, 0.15) is 11.3 Å². The SMILES string of the molecule is Nc1cc(C(F)(F)F)n(-c2cccc(C(F)(F)F)c2)n1. The zero-order chi connectivity index (χ0) is 15.1. The molecule has 0 aliphatic carbocycles. The van der Waals surface area contributed by atoms with Crippen molar-refractivity contribution in [1.82, 2.24) is 9.78 Å². The van der Waals surface area contributed by atoms with E-state index in [2.05, 4.69) is 5.10 Å². The lowest BCUT2D eigenvalue weighted by Crippen LogP contribution is -2.14. The Morgan fingerprint density at radius 1 is 0.950 bits per heavy atom. The van der Waals surface area contributed by atoms with Crippen LogP contribution in [-0.2, 0) is 12.4 Å². The Kier molecular flexibility index (Phi) is 3.15. The molecule has 0 saturated heterocycles. The Balaban J connectivity index is 2.58. The molecule has 0 amide bonds. The van der Waals surface area contributed by atoms with Gasteiger partial charge >= 0.3 is 12.4 Å². The normalized spacial score (nSPS) is 12.7. The molecule has 1 aromatic carbocycles. The van der Waals surface area contributed by atoms with Crippen molar-refractivity contribution >= 4 is 5.82 Å². The highest BCUT2D eigenvalue weighted by atomic mass is 19.4. The van der Waals surface area contributed by atoms with Crippen molar-refractivity contribution in [1.29, 1.82) is 0 Å². The fraction of sp³-hybridized carbons (Fsp3) is 0.182. The van der Waals surface area contributed by atoms with Gasteiger partial charge in [-0.2, -0.15) is 31.4 Å². The maximum Gasteiger partial charge on any atom is 0.433 e. The number of nitrogens with zero attached hydrogens (tertiary/aromatic N) is 2. The lowest BCUT2D eigenvalue weighted by Gasteiger charge is -2.12. The number of hydrogen-bond donors (Lipinski definition) is 1. The third-order valence-corrected chi connectivity index (χ3v) is 2.44. The minimum Gasteiger partial charge on any atom is -0.382 e. The zero-order valence-corrected chi connectivity index (χ0v) is 9.63. The molecule has 0 fully saturated rings. The summed E-state index contributed by atoms with van der Waals surface area (Å²) < 4.78 is 76.2. The van der Waals surface area contributed by atoms with Gasteiger partial charge in [-0.15, -0.1) is 0 Å². The summed E-state index contributed by atoms with van der Waals surface area (Å²) >= 11 is 0. The molecule has 20 heavy (non-hydrogen) atoms. The number of anilines is 1. The van der Waals surface area contributed by atoms with E-state index in [1.54, 1.807) is 0 Å². The number of hydrogen-bond acceptors (Lipinski definition) is 2. The lowest BCUT2D eigenvalue weighted by molar-refractivity contribution is -0.142. The first-order valence-corrected chi connectivity index (χ1v) is 5.19. The van der Waals surface area contributed by atoms with Gasteiger partial charge in [0.05, 0.1) is 11.3 Å². The van der Waals surface area contributed by atoms with Gasteiger partial charge in [0, 0.05) is 6.07 Å². The summed E-state index contributed by atoms with van der Waals surface area (Å²) in [6.07, 6.45) is -9.44. The summed E-state index contributed by atoms with van der Waals surface area (Å²) in [6, 6.07) is 3.96. The first kappa shape index (κ1) is 14.2. The van der Waals surface area contributed by atoms with Crippen molar-refractivity contribution in [3.63, 3.8) is 0 Å². The van der Waals surface area contributed by atoms with Gasteiger partial charge in [0.15, 0.2) is 0 Å². The second-order valence-electron chi connectivity index (χ2n) is 3.91. The molecule has 0 aliphatic heterocycles. The molecule has 0 saturated carbocycles. The van der Waals surface area contributed by atoms with Crippen molar-refractivity contribution in [3.8, 4) is 5.69 Å². The molecule has 2 rings (SSSR count). The molecule has 0 radical (unpaired) electrons. The van der Waals surface area contributed by atoms with Crippen LogP contribution in [0.3, 0.4) is 0 Å². The van der Waals surface area contributed by atoms with Gasteiger partial charge in [-0.1, -0.05) is 6.07 Å². The molecule has 9 heteroatoms. The maximum atomic E-state index is 12.7. The van der Waals surface area contributed by atoms with Crippen molar-refractivity contribution in [2.24, 2.45) is 0 Å². The highest BCUT2D eigenvalue weighted by Gasteiger charge is 2.37. The molecule has 2 N–H and O–H groups in total. The standard InChI is InChI=1S/C11H7F6N3/c12-10(13,14)6-2-1-3-7(4-6)20-8(11(15,16)17)5-9(18)19-20/h1-5H,(H2,18,19). The van der Waals surface area contributed by atoms with Gasteiger partial charge in [0.25, 0.3) is 0 Å². The summed E-state index contributed by atoms with van der Waals surface area (Å²) in [5.74, 6) is -0.435. The summed E-state index contributed by atoms with van der Waals surface area (Å²) in [6.45, 7) is 0. The Morgan fingerprint density at radius 3 is 2.15 bits per heavy atom. The van der Waals surface area contributed by atoms with E-state index in [9.17, 15) is 26.3 Å². The molecular weight excluding hydrogens is 288 g/mol. The Morgan fingerprint density at radius 2 is 1.60 bits per heavy atom. The molecule has 0 unspecified atom stereocenters. The van der Waals surface area contributed by atoms with Crippen molar-refractivity contribution in [2.45, 2.75) is 12.4 Å². The third kappa shape index (κ3) is 2.70. The third-order valence-electron chi connectivity index (χ3n) is 2.44. The van der Waals surface area contributed by atoms with E-state index in [1.165, 1.54) is 0 Å². The van der Waals surface area contributed by atoms with Gasteiger partial charge in [0.2, 0.25) is 0 Å². The monoisotopic (exact) mass is 295 g/mol. The average Bonchev–Trinajstić information content (AvgIpc) is 2.70. The Hall–Kier alpha value is -2.19. The quantitative estimate of drug-likeness (QED) is 0.818. The van der Waals surface area contributed by atoms with Crippen molar-refractivity contribution in [3.05, 3.63) is 41.6 Å². The Labute approximate surface area is 108 Å². The summed E-state index contributed by atoms with van der Waals surface area (Å²) in [7, 11) is 0. The molecule has 108 valence electrons. The van der Waals surface area contributed by atoms with Crippen LogP contribution in [0, 0.1) is 0 Å². The predicted molar refractivity (Wildman–Crippen MR) is 58.0 cm³/mol. The van der Waals surface area contributed by atoms with Crippen LogP contribution in [0.2, 0.25) is 0 Å². The highest BCUT2D eigenvalue weighted by molar-refractivity contribution is 5.42. The number of nitrogen functional groups attached to an aromatic ring is 1. The first-order chi connectivity index (χ1) is 9.09. The maximum absolute atomic E-state index is 12.7. The van der Waals surface area contributed by atoms with E-state index >= 15 is 0 Å². The molecule has 0 aliphatic rings. The summed E-state index contributed by atoms with van der Waals surface area (Å²) in [5.41, 5.74) is 2.50. The van der Waals surface area contributed by atoms with Gasteiger partial charge in [0.1, 0.15) is 11.5 Å². The molecular formula is C11H7F6N3. The van der Waals surface area contributed by atoms with Gasteiger partial charge < -0.3 is 5.73 Å². The van der Waals surface area contributed by atoms with E-state index in [0.717, 1.165) is 18.2 Å². The van der Waals surface area contributed by atoms with Crippen LogP contribution in [0.15, 0.2) is 30.3 Å². The smallest absolute Gasteiger partial charge is 0.382 e. The summed E-state index contributed by atoms with van der Waals surface area (Å²) in [5, 5.41) is 3.38. The van der Waals surface area contributed by atoms with Gasteiger partial charge in [-0.25, -0.2) is 4.68 Å². The molecule has 3 nitrogen and oxygen atoms in total. The van der Waals surface area contributed by atoms with E-state index in [0.29, 0.717) is 16.8 Å². The minimum atomic E-state index is -4.78. The topological polar surface area (TPSA) is 43.8 Å². The molecule has 1 heterocycles. The van der Waals surface area contributed by atoms with Crippen LogP contribution in [0.4, 0.5) is 32.2 Å². The van der Waals surface area contributed by atoms with E-state index < -0.39 is 29.4 Å². The largest absolute Gasteiger partial charge is 0.433 e. The number of rotatable bonds is 1. The van der Waals surface area contributed by atoms with Crippen molar-refractivity contribution < 1.29 is 26.3 Å². The van der Waals surface area contributed by atoms with E-state index in [-0.39, 0.29) is 5.69 Å². The average molecular weight is 295 g/mol. The molecule has 1 aromatic heterocycles. The van der Waals surface area contributed by atoms with Crippen LogP contribution >= 0.6 is 0 Å². The molecule has 2 aromatic rings. The van der Waals surface area contributed by atoms with Crippen LogP contribution < -0.4 is 5.73 Å². The van der Waals surface area contributed by atoms with Crippen molar-refractivity contribution in [2.75, 3.05) is 5.73 Å². The molecule has 0 spiro atoms. The number of halogens is 6. The second kappa shape index (κ2) is 4.43. The number of benzene rings is 1. The number of alkyl halides is 6. The summed E-state index contributed by atoms with van der Waals surface area (Å²) in [4.78, 5) is 0. The van der Waals surface area contributed by atoms with Crippen LogP contribution in [0.5, 0.6) is 0 Å². The van der Waals surface area contributed by atoms with Crippen LogP contribution in [0.25, 0.3) is 5.69 Å². The second-order valence-corrected chi connectivity index (χ2v) is 3.91. The highest BCUT2D eigenvalue weighted by Crippen LogP contribution is 2.34. The predicted octanol–water partition coefficient (Wildman–Crippen LogP) is 3.49. The molecule has 0 bridgehead atoms. The van der Waals surface area contributed by atoms with Gasteiger partial charge in [-0.05, 0) is 18.2 Å². The van der Waals surface area contributed by atoms with E-state index in [4.69, 9.17) is 5.73 Å². The fourth-order valence-electron chi connectivity index (χ4n) is 1.61. The zero-order valence-electron chi connectivity index (χ0n) is 9.63. The minimum absolute atomic E-state index is 0.338. The number of nitrogens with two attached hydrogens (primary N) is 1. The lowest BCUT2D eigenvalue weighted by atomic mass is 10.2. The Bertz CT molecular complexity index is 626. The first-order valence-electron chi connectivity index (χ1n) is 5.19. The fourth-order valence-corrected chi connectivity index (χ4v) is 1.61. The number of aromatic nitrogens is 2. The van der Waals surface area contributed by atoms with Crippen LogP contribution in [-0.4, -0.2) is 9.78 Å².